The summed E-state index contributed by atoms with van der Waals surface area (Å²) in [5.41, 5.74) is 5.17. The highest BCUT2D eigenvalue weighted by Crippen LogP contribution is 2.28. The Morgan fingerprint density at radius 3 is 2.71 bits per heavy atom. The van der Waals surface area contributed by atoms with E-state index in [1.165, 1.54) is 7.11 Å². The summed E-state index contributed by atoms with van der Waals surface area (Å²) < 4.78 is 17.7. The average Bonchev–Trinajstić information content (AvgIpc) is 2.28. The molecule has 7 heteroatoms. The van der Waals surface area contributed by atoms with Crippen molar-refractivity contribution in [1.82, 2.24) is 0 Å². The largest absolute Gasteiger partial charge is 0.478 e. The van der Waals surface area contributed by atoms with E-state index in [1.807, 2.05) is 0 Å². The van der Waals surface area contributed by atoms with Gasteiger partial charge in [0.05, 0.1) is 18.4 Å². The topological polar surface area (TPSA) is 89.6 Å². The molecule has 0 aromatic heterocycles. The molecule has 0 aliphatic carbocycles. The number of ether oxygens (including phenoxy) is 1. The van der Waals surface area contributed by atoms with Crippen molar-refractivity contribution in [3.05, 3.63) is 23.5 Å². The van der Waals surface area contributed by atoms with Gasteiger partial charge in [0, 0.05) is 10.6 Å². The highest BCUT2D eigenvalue weighted by molar-refractivity contribution is 8.00. The normalized spacial score (nSPS) is 10.0. The number of aromatic carboxylic acids is 1. The van der Waals surface area contributed by atoms with Crippen LogP contribution in [-0.4, -0.2) is 29.9 Å². The van der Waals surface area contributed by atoms with Crippen molar-refractivity contribution in [3.63, 3.8) is 0 Å². The van der Waals surface area contributed by atoms with Crippen molar-refractivity contribution in [3.8, 4) is 0 Å². The van der Waals surface area contributed by atoms with E-state index in [9.17, 15) is 14.0 Å². The van der Waals surface area contributed by atoms with Gasteiger partial charge in [-0.3, -0.25) is 4.79 Å². The van der Waals surface area contributed by atoms with Gasteiger partial charge in [-0.25, -0.2) is 9.18 Å². The molecule has 1 aromatic rings. The van der Waals surface area contributed by atoms with Crippen LogP contribution in [-0.2, 0) is 9.53 Å². The van der Waals surface area contributed by atoms with E-state index in [1.54, 1.807) is 0 Å². The van der Waals surface area contributed by atoms with Gasteiger partial charge in [0.1, 0.15) is 5.82 Å². The molecule has 0 radical (unpaired) electrons. The first-order chi connectivity index (χ1) is 7.95. The molecule has 5 nitrogen and oxygen atoms in total. The molecule has 1 rings (SSSR count). The Kier molecular flexibility index (Phi) is 4.33. The molecular weight excluding hydrogens is 249 g/mol. The molecule has 0 spiro atoms. The highest BCUT2D eigenvalue weighted by atomic mass is 32.2. The van der Waals surface area contributed by atoms with E-state index in [-0.39, 0.29) is 11.4 Å². The van der Waals surface area contributed by atoms with Crippen LogP contribution in [0.4, 0.5) is 10.1 Å². The number of hydrogen-bond donors (Lipinski definition) is 2. The lowest BCUT2D eigenvalue weighted by Gasteiger charge is -2.06. The van der Waals surface area contributed by atoms with Crippen molar-refractivity contribution in [2.75, 3.05) is 18.6 Å². The Hall–Kier alpha value is -1.76. The van der Waals surface area contributed by atoms with Crippen LogP contribution in [0.5, 0.6) is 0 Å². The predicted octanol–water partition coefficient (Wildman–Crippen LogP) is 1.37. The molecule has 0 aliphatic rings. The Labute approximate surface area is 101 Å². The summed E-state index contributed by atoms with van der Waals surface area (Å²) in [6.45, 7) is 0. The van der Waals surface area contributed by atoms with Crippen LogP contribution in [0, 0.1) is 5.82 Å². The fraction of sp³-hybridized carbons (Fsp3) is 0.200. The minimum absolute atomic E-state index is 0.0213. The van der Waals surface area contributed by atoms with Crippen molar-refractivity contribution >= 4 is 29.4 Å². The molecule has 0 amide bonds. The van der Waals surface area contributed by atoms with Crippen molar-refractivity contribution < 1.29 is 23.8 Å². The van der Waals surface area contributed by atoms with Gasteiger partial charge in [-0.1, -0.05) is 0 Å². The van der Waals surface area contributed by atoms with E-state index >= 15 is 0 Å². The van der Waals surface area contributed by atoms with Crippen LogP contribution >= 0.6 is 11.8 Å². The summed E-state index contributed by atoms with van der Waals surface area (Å²) in [4.78, 5) is 21.8. The van der Waals surface area contributed by atoms with Crippen LogP contribution in [0.1, 0.15) is 10.4 Å². The summed E-state index contributed by atoms with van der Waals surface area (Å²) in [6, 6.07) is 2.02. The summed E-state index contributed by atoms with van der Waals surface area (Å²) in [5, 5.41) is 8.66. The van der Waals surface area contributed by atoms with Crippen LogP contribution in [0.25, 0.3) is 0 Å². The number of thioether (sulfide) groups is 1. The summed E-state index contributed by atoms with van der Waals surface area (Å²) in [7, 11) is 1.24. The lowest BCUT2D eigenvalue weighted by molar-refractivity contribution is -0.137. The fourth-order valence-corrected chi connectivity index (χ4v) is 1.86. The molecule has 3 N–H and O–H groups in total. The quantitative estimate of drug-likeness (QED) is 0.482. The maximum absolute atomic E-state index is 13.3. The predicted molar refractivity (Wildman–Crippen MR) is 60.5 cm³/mol. The van der Waals surface area contributed by atoms with Gasteiger partial charge >= 0.3 is 11.9 Å². The van der Waals surface area contributed by atoms with Crippen LogP contribution < -0.4 is 5.73 Å². The first-order valence-electron chi connectivity index (χ1n) is 4.47. The molecule has 0 saturated carbocycles. The minimum atomic E-state index is -1.39. The van der Waals surface area contributed by atoms with Gasteiger partial charge in [-0.05, 0) is 12.1 Å². The number of rotatable bonds is 4. The number of nitrogen functional groups attached to an aromatic ring is 1. The number of carboxylic acids is 1. The minimum Gasteiger partial charge on any atom is -0.478 e. The Morgan fingerprint density at radius 2 is 2.18 bits per heavy atom. The number of benzene rings is 1. The Morgan fingerprint density at radius 1 is 1.53 bits per heavy atom. The number of hydrogen-bond acceptors (Lipinski definition) is 5. The number of anilines is 1. The smallest absolute Gasteiger partial charge is 0.338 e. The summed E-state index contributed by atoms with van der Waals surface area (Å²) in [6.07, 6.45) is 0. The van der Waals surface area contributed by atoms with E-state index in [4.69, 9.17) is 10.8 Å². The number of nitrogens with two attached hydrogens (primary N) is 1. The molecule has 0 aliphatic heterocycles. The van der Waals surface area contributed by atoms with Crippen molar-refractivity contribution in [2.24, 2.45) is 0 Å². The zero-order valence-electron chi connectivity index (χ0n) is 8.90. The second-order valence-electron chi connectivity index (χ2n) is 3.04. The Balaban J connectivity index is 2.92. The zero-order valence-corrected chi connectivity index (χ0v) is 9.71. The van der Waals surface area contributed by atoms with Crippen LogP contribution in [0.3, 0.4) is 0 Å². The number of carboxylic acid groups (broad SMARTS) is 1. The molecular formula is C10H10FNO4S. The molecule has 92 valence electrons. The molecule has 0 heterocycles. The average molecular weight is 259 g/mol. The van der Waals surface area contributed by atoms with Crippen molar-refractivity contribution in [2.45, 2.75) is 4.90 Å². The number of esters is 1. The third-order valence-electron chi connectivity index (χ3n) is 1.90. The van der Waals surface area contributed by atoms with Gasteiger partial charge < -0.3 is 15.6 Å². The van der Waals surface area contributed by atoms with Crippen LogP contribution in [0.2, 0.25) is 0 Å². The molecule has 0 atom stereocenters. The summed E-state index contributed by atoms with van der Waals surface area (Å²) >= 11 is 0.982. The van der Waals surface area contributed by atoms with E-state index in [2.05, 4.69) is 4.74 Å². The molecule has 1 aromatic carbocycles. The number of methoxy groups -OCH3 is 1. The van der Waals surface area contributed by atoms with Gasteiger partial charge in [0.25, 0.3) is 0 Å². The third kappa shape index (κ3) is 3.35. The van der Waals surface area contributed by atoms with Crippen LogP contribution in [0.15, 0.2) is 17.0 Å². The number of carbonyl (C=O) groups excluding carboxylic acids is 1. The van der Waals surface area contributed by atoms with Gasteiger partial charge in [0.15, 0.2) is 0 Å². The maximum atomic E-state index is 13.3. The first-order valence-corrected chi connectivity index (χ1v) is 5.46. The standard InChI is InChI=1S/C10H10FNO4S/c1-16-9(13)4-17-8-3-6(11)5(10(14)15)2-7(8)12/h2-3H,4,12H2,1H3,(H,14,15). The van der Waals surface area contributed by atoms with Crippen molar-refractivity contribution in [1.29, 1.82) is 0 Å². The first kappa shape index (κ1) is 13.3. The molecule has 0 saturated heterocycles. The summed E-state index contributed by atoms with van der Waals surface area (Å²) in [5.74, 6) is -2.78. The van der Waals surface area contributed by atoms with Gasteiger partial charge in [-0.2, -0.15) is 0 Å². The van der Waals surface area contributed by atoms with Gasteiger partial charge in [0.2, 0.25) is 0 Å². The van der Waals surface area contributed by atoms with E-state index in [0.717, 1.165) is 23.9 Å². The Bertz CT molecular complexity index is 464. The number of halogens is 1. The monoisotopic (exact) mass is 259 g/mol. The van der Waals surface area contributed by atoms with E-state index in [0.29, 0.717) is 4.90 Å². The molecule has 0 unspecified atom stereocenters. The third-order valence-corrected chi connectivity index (χ3v) is 2.95. The SMILES string of the molecule is COC(=O)CSc1cc(F)c(C(=O)O)cc1N. The number of carbonyl (C=O) groups is 2. The lowest BCUT2D eigenvalue weighted by Crippen LogP contribution is -2.06. The second-order valence-corrected chi connectivity index (χ2v) is 4.06. The maximum Gasteiger partial charge on any atom is 0.338 e. The fourth-order valence-electron chi connectivity index (χ4n) is 1.06. The van der Waals surface area contributed by atoms with E-state index < -0.39 is 23.3 Å². The highest BCUT2D eigenvalue weighted by Gasteiger charge is 2.14. The molecule has 0 bridgehead atoms. The second kappa shape index (κ2) is 5.53. The lowest BCUT2D eigenvalue weighted by atomic mass is 10.2. The zero-order chi connectivity index (χ0) is 13.0. The molecule has 0 fully saturated rings. The van der Waals surface area contributed by atoms with Gasteiger partial charge in [-0.15, -0.1) is 11.8 Å². The molecule has 17 heavy (non-hydrogen) atoms.